The molecule has 0 aromatic heterocycles. The van der Waals surface area contributed by atoms with Gasteiger partial charge < -0.3 is 49.6 Å². The number of benzene rings is 1. The van der Waals surface area contributed by atoms with Crippen LogP contribution in [0.25, 0.3) is 0 Å². The fourth-order valence-electron chi connectivity index (χ4n) is 3.13. The van der Waals surface area contributed by atoms with Crippen LogP contribution in [-0.2, 0) is 14.2 Å². The predicted molar refractivity (Wildman–Crippen MR) is 92.1 cm³/mol. The molecule has 0 amide bonds. The maximum absolute atomic E-state index is 10.2. The van der Waals surface area contributed by atoms with Crippen LogP contribution in [0.1, 0.15) is 6.92 Å². The summed E-state index contributed by atoms with van der Waals surface area (Å²) in [7, 11) is 0. The van der Waals surface area contributed by atoms with E-state index in [1.54, 1.807) is 30.3 Å². The Morgan fingerprint density at radius 3 is 2.04 bits per heavy atom. The minimum atomic E-state index is -1.56. The first-order valence-corrected chi connectivity index (χ1v) is 9.02. The highest BCUT2D eigenvalue weighted by Crippen LogP contribution is 2.26. The molecule has 0 spiro atoms. The highest BCUT2D eigenvalue weighted by molar-refractivity contribution is 5.21. The third-order valence-electron chi connectivity index (χ3n) is 4.90. The summed E-state index contributed by atoms with van der Waals surface area (Å²) in [5.41, 5.74) is 0. The summed E-state index contributed by atoms with van der Waals surface area (Å²) < 4.78 is 21.8. The molecule has 0 saturated carbocycles. The van der Waals surface area contributed by atoms with Gasteiger partial charge in [-0.3, -0.25) is 0 Å². The summed E-state index contributed by atoms with van der Waals surface area (Å²) >= 11 is 0. The molecule has 0 unspecified atom stereocenters. The Hall–Kier alpha value is -1.34. The van der Waals surface area contributed by atoms with Crippen molar-refractivity contribution in [3.05, 3.63) is 30.3 Å². The van der Waals surface area contributed by atoms with Gasteiger partial charge in [0.05, 0.1) is 12.7 Å². The van der Waals surface area contributed by atoms with E-state index < -0.39 is 61.4 Å². The number of para-hydroxylation sites is 1. The second-order valence-corrected chi connectivity index (χ2v) is 6.96. The molecule has 2 fully saturated rings. The molecule has 1 aromatic carbocycles. The summed E-state index contributed by atoms with van der Waals surface area (Å²) in [5, 5.41) is 59.9. The molecule has 2 saturated heterocycles. The quantitative estimate of drug-likeness (QED) is 0.317. The zero-order valence-electron chi connectivity index (χ0n) is 15.2. The standard InChI is InChI=1S/C18H26O10/c1-8-11(19)13(21)15(23)17(26-8)25-7-10-12(20)14(22)16(24)18(28-10)27-9-5-3-2-4-6-9/h2-6,8,10-24H,7H2,1H3/t8-,10+,11-,12+,13+,14-,15+,16+,17+,18+/m0/s1. The minimum Gasteiger partial charge on any atom is -0.462 e. The Morgan fingerprint density at radius 1 is 0.750 bits per heavy atom. The Balaban J connectivity index is 1.62. The van der Waals surface area contributed by atoms with Gasteiger partial charge in [-0.15, -0.1) is 0 Å². The van der Waals surface area contributed by atoms with E-state index in [0.717, 1.165) is 0 Å². The van der Waals surface area contributed by atoms with Crippen LogP contribution in [-0.4, -0.2) is 98.7 Å². The van der Waals surface area contributed by atoms with Crippen molar-refractivity contribution in [2.75, 3.05) is 6.61 Å². The minimum absolute atomic E-state index is 0.336. The SMILES string of the molecule is C[C@@H]1O[C@@H](OC[C@H]2O[C@@H](Oc3ccccc3)[C@H](O)[C@@H](O)[C@@H]2O)[C@H](O)[C@H](O)[C@H]1O. The zero-order valence-corrected chi connectivity index (χ0v) is 15.2. The van der Waals surface area contributed by atoms with Crippen molar-refractivity contribution in [1.82, 2.24) is 0 Å². The lowest BCUT2D eigenvalue weighted by molar-refractivity contribution is -0.318. The van der Waals surface area contributed by atoms with Crippen molar-refractivity contribution < 1.29 is 49.6 Å². The van der Waals surface area contributed by atoms with Crippen LogP contribution in [0, 0.1) is 0 Å². The lowest BCUT2D eigenvalue weighted by atomic mass is 9.98. The molecule has 10 nitrogen and oxygen atoms in total. The number of hydrogen-bond acceptors (Lipinski definition) is 10. The van der Waals surface area contributed by atoms with Gasteiger partial charge in [-0.25, -0.2) is 0 Å². The Bertz CT molecular complexity index is 616. The first-order valence-electron chi connectivity index (χ1n) is 9.02. The molecule has 158 valence electrons. The van der Waals surface area contributed by atoms with Crippen molar-refractivity contribution >= 4 is 0 Å². The highest BCUT2D eigenvalue weighted by Gasteiger charge is 2.47. The van der Waals surface area contributed by atoms with E-state index in [4.69, 9.17) is 18.9 Å². The summed E-state index contributed by atoms with van der Waals surface area (Å²) in [6.45, 7) is 1.17. The van der Waals surface area contributed by atoms with Crippen LogP contribution in [0.15, 0.2) is 30.3 Å². The van der Waals surface area contributed by atoms with Gasteiger partial charge in [0.25, 0.3) is 0 Å². The molecule has 2 heterocycles. The predicted octanol–water partition coefficient (Wildman–Crippen LogP) is -2.28. The maximum Gasteiger partial charge on any atom is 0.229 e. The first kappa shape index (κ1) is 21.4. The van der Waals surface area contributed by atoms with Crippen molar-refractivity contribution in [3.63, 3.8) is 0 Å². The van der Waals surface area contributed by atoms with Crippen LogP contribution in [0.3, 0.4) is 0 Å². The number of aliphatic hydroxyl groups excluding tert-OH is 6. The summed E-state index contributed by atoms with van der Waals surface area (Å²) in [6, 6.07) is 8.50. The summed E-state index contributed by atoms with van der Waals surface area (Å²) in [5.74, 6) is 0.395. The molecule has 28 heavy (non-hydrogen) atoms. The highest BCUT2D eigenvalue weighted by atomic mass is 16.7. The van der Waals surface area contributed by atoms with E-state index in [2.05, 4.69) is 0 Å². The average molecular weight is 402 g/mol. The Labute approximate surface area is 161 Å². The normalized spacial score (nSPS) is 44.2. The Kier molecular flexibility index (Phi) is 6.86. The second kappa shape index (κ2) is 8.99. The Morgan fingerprint density at radius 2 is 1.36 bits per heavy atom. The van der Waals surface area contributed by atoms with Crippen molar-refractivity contribution in [2.24, 2.45) is 0 Å². The summed E-state index contributed by atoms with van der Waals surface area (Å²) in [6.07, 6.45) is -13.2. The fraction of sp³-hybridized carbons (Fsp3) is 0.667. The van der Waals surface area contributed by atoms with Crippen LogP contribution >= 0.6 is 0 Å². The van der Waals surface area contributed by atoms with E-state index in [0.29, 0.717) is 5.75 Å². The maximum atomic E-state index is 10.2. The van der Waals surface area contributed by atoms with Gasteiger partial charge in [0.15, 0.2) is 6.29 Å². The number of aliphatic hydroxyl groups is 6. The van der Waals surface area contributed by atoms with Gasteiger partial charge in [0.2, 0.25) is 6.29 Å². The van der Waals surface area contributed by atoms with E-state index in [1.165, 1.54) is 6.92 Å². The molecule has 6 N–H and O–H groups in total. The number of hydrogen-bond donors (Lipinski definition) is 6. The van der Waals surface area contributed by atoms with Crippen LogP contribution in [0.4, 0.5) is 0 Å². The molecule has 0 aliphatic carbocycles. The number of rotatable bonds is 5. The molecule has 1 aromatic rings. The fourth-order valence-corrected chi connectivity index (χ4v) is 3.13. The molecule has 3 rings (SSSR count). The van der Waals surface area contributed by atoms with E-state index in [9.17, 15) is 30.6 Å². The molecule has 0 bridgehead atoms. The monoisotopic (exact) mass is 402 g/mol. The largest absolute Gasteiger partial charge is 0.462 e. The van der Waals surface area contributed by atoms with Gasteiger partial charge in [-0.05, 0) is 19.1 Å². The van der Waals surface area contributed by atoms with Gasteiger partial charge in [0.1, 0.15) is 48.5 Å². The smallest absolute Gasteiger partial charge is 0.229 e. The number of ether oxygens (including phenoxy) is 4. The molecular weight excluding hydrogens is 376 g/mol. The topological polar surface area (TPSA) is 158 Å². The molecule has 2 aliphatic rings. The van der Waals surface area contributed by atoms with Gasteiger partial charge >= 0.3 is 0 Å². The lowest BCUT2D eigenvalue weighted by Crippen LogP contribution is -2.61. The van der Waals surface area contributed by atoms with Crippen LogP contribution < -0.4 is 4.74 Å². The second-order valence-electron chi connectivity index (χ2n) is 6.96. The van der Waals surface area contributed by atoms with Crippen molar-refractivity contribution in [1.29, 1.82) is 0 Å². The zero-order chi connectivity index (χ0) is 20.4. The molecule has 2 aliphatic heterocycles. The first-order chi connectivity index (χ1) is 13.3. The van der Waals surface area contributed by atoms with Crippen LogP contribution in [0.5, 0.6) is 5.75 Å². The third kappa shape index (κ3) is 4.46. The summed E-state index contributed by atoms with van der Waals surface area (Å²) in [4.78, 5) is 0. The third-order valence-corrected chi connectivity index (χ3v) is 4.90. The van der Waals surface area contributed by atoms with Crippen LogP contribution in [0.2, 0.25) is 0 Å². The van der Waals surface area contributed by atoms with Crippen molar-refractivity contribution in [2.45, 2.75) is 68.3 Å². The lowest BCUT2D eigenvalue weighted by Gasteiger charge is -2.42. The van der Waals surface area contributed by atoms with Gasteiger partial charge in [-0.1, -0.05) is 18.2 Å². The van der Waals surface area contributed by atoms with Gasteiger partial charge in [-0.2, -0.15) is 0 Å². The molecule has 10 heteroatoms. The average Bonchev–Trinajstić information content (AvgIpc) is 2.70. The van der Waals surface area contributed by atoms with E-state index >= 15 is 0 Å². The van der Waals surface area contributed by atoms with Crippen molar-refractivity contribution in [3.8, 4) is 5.75 Å². The molecular formula is C18H26O10. The van der Waals surface area contributed by atoms with E-state index in [1.807, 2.05) is 0 Å². The molecule has 0 radical (unpaired) electrons. The van der Waals surface area contributed by atoms with E-state index in [-0.39, 0.29) is 6.61 Å². The van der Waals surface area contributed by atoms with Gasteiger partial charge in [0, 0.05) is 0 Å². The molecule has 10 atom stereocenters.